The highest BCUT2D eigenvalue weighted by Crippen LogP contribution is 2.23. The summed E-state index contributed by atoms with van der Waals surface area (Å²) in [7, 11) is -3.50. The van der Waals surface area contributed by atoms with E-state index >= 15 is 0 Å². The molecule has 6 heteroatoms. The van der Waals surface area contributed by atoms with Gasteiger partial charge in [0.15, 0.2) is 0 Å². The largest absolute Gasteiger partial charge is 0.313 e. The van der Waals surface area contributed by atoms with Gasteiger partial charge in [0.05, 0.1) is 4.90 Å². The Morgan fingerprint density at radius 3 is 2.65 bits per heavy atom. The van der Waals surface area contributed by atoms with Crippen LogP contribution in [0, 0.1) is 0 Å². The number of hydrogen-bond donors (Lipinski definition) is 1. The Hall–Kier alpha value is -0.880. The van der Waals surface area contributed by atoms with Crippen LogP contribution in [0.3, 0.4) is 0 Å². The molecule has 0 aliphatic carbocycles. The van der Waals surface area contributed by atoms with E-state index in [2.05, 4.69) is 11.9 Å². The standard InChI is InChI=1S/C14H21ClN2O2S/c1-4-9-17(6-3)20(18,19)13-7-8-14(15)12(10-13)11-16-5-2/h4,7-8,10,16H,1,5-6,9,11H2,2-3H3. The minimum atomic E-state index is -3.50. The molecule has 0 aliphatic heterocycles. The molecule has 0 atom stereocenters. The van der Waals surface area contributed by atoms with Crippen LogP contribution in [0.2, 0.25) is 5.02 Å². The summed E-state index contributed by atoms with van der Waals surface area (Å²) in [6.45, 7) is 9.42. The number of nitrogens with one attached hydrogen (secondary N) is 1. The Morgan fingerprint density at radius 1 is 1.40 bits per heavy atom. The lowest BCUT2D eigenvalue weighted by Gasteiger charge is -2.19. The van der Waals surface area contributed by atoms with Gasteiger partial charge in [0.1, 0.15) is 0 Å². The second kappa shape index (κ2) is 7.78. The topological polar surface area (TPSA) is 49.4 Å². The van der Waals surface area contributed by atoms with Crippen LogP contribution < -0.4 is 5.32 Å². The zero-order valence-corrected chi connectivity index (χ0v) is 13.5. The highest BCUT2D eigenvalue weighted by molar-refractivity contribution is 7.89. The molecule has 0 radical (unpaired) electrons. The van der Waals surface area contributed by atoms with Crippen LogP contribution in [0.5, 0.6) is 0 Å². The van der Waals surface area contributed by atoms with E-state index in [1.54, 1.807) is 31.2 Å². The highest BCUT2D eigenvalue weighted by atomic mass is 35.5. The smallest absolute Gasteiger partial charge is 0.243 e. The van der Waals surface area contributed by atoms with E-state index in [-0.39, 0.29) is 4.90 Å². The van der Waals surface area contributed by atoms with Gasteiger partial charge in [-0.1, -0.05) is 31.5 Å². The summed E-state index contributed by atoms with van der Waals surface area (Å²) in [6, 6.07) is 4.80. The van der Waals surface area contributed by atoms with Gasteiger partial charge in [-0.15, -0.1) is 6.58 Å². The van der Waals surface area contributed by atoms with Crippen molar-refractivity contribution in [1.82, 2.24) is 9.62 Å². The lowest BCUT2D eigenvalue weighted by Crippen LogP contribution is -2.31. The van der Waals surface area contributed by atoms with Crippen molar-refractivity contribution in [1.29, 1.82) is 0 Å². The number of hydrogen-bond acceptors (Lipinski definition) is 3. The van der Waals surface area contributed by atoms with Gasteiger partial charge in [0.2, 0.25) is 10.0 Å². The van der Waals surface area contributed by atoms with Crippen LogP contribution in [-0.4, -0.2) is 32.4 Å². The molecule has 0 spiro atoms. The lowest BCUT2D eigenvalue weighted by atomic mass is 10.2. The molecule has 112 valence electrons. The van der Waals surface area contributed by atoms with Gasteiger partial charge in [-0.05, 0) is 30.3 Å². The summed E-state index contributed by atoms with van der Waals surface area (Å²) in [6.07, 6.45) is 1.58. The second-order valence-corrected chi connectivity index (χ2v) is 6.62. The van der Waals surface area contributed by atoms with E-state index in [0.717, 1.165) is 12.1 Å². The molecule has 0 fully saturated rings. The van der Waals surface area contributed by atoms with Crippen LogP contribution in [0.1, 0.15) is 19.4 Å². The highest BCUT2D eigenvalue weighted by Gasteiger charge is 2.22. The first-order valence-corrected chi connectivity index (χ1v) is 8.39. The van der Waals surface area contributed by atoms with Crippen LogP contribution in [0.15, 0.2) is 35.7 Å². The predicted octanol–water partition coefficient (Wildman–Crippen LogP) is 2.65. The summed E-state index contributed by atoms with van der Waals surface area (Å²) >= 11 is 6.09. The van der Waals surface area contributed by atoms with E-state index in [4.69, 9.17) is 11.6 Å². The molecule has 20 heavy (non-hydrogen) atoms. The Balaban J connectivity index is 3.14. The Kier molecular flexibility index (Phi) is 6.68. The molecule has 0 heterocycles. The molecule has 0 aliphatic rings. The number of rotatable bonds is 8. The predicted molar refractivity (Wildman–Crippen MR) is 83.5 cm³/mol. The van der Waals surface area contributed by atoms with Crippen molar-refractivity contribution in [3.8, 4) is 0 Å². The van der Waals surface area contributed by atoms with Gasteiger partial charge in [0.25, 0.3) is 0 Å². The molecule has 4 nitrogen and oxygen atoms in total. The van der Waals surface area contributed by atoms with Crippen molar-refractivity contribution < 1.29 is 8.42 Å². The van der Waals surface area contributed by atoms with E-state index < -0.39 is 10.0 Å². The summed E-state index contributed by atoms with van der Waals surface area (Å²) in [5, 5.41) is 3.71. The third kappa shape index (κ3) is 4.06. The first-order chi connectivity index (χ1) is 9.47. The number of likely N-dealkylation sites (N-methyl/N-ethyl adjacent to an activating group) is 1. The summed E-state index contributed by atoms with van der Waals surface area (Å²) in [5.41, 5.74) is 0.782. The molecular formula is C14H21ClN2O2S. The van der Waals surface area contributed by atoms with Crippen molar-refractivity contribution in [2.24, 2.45) is 0 Å². The van der Waals surface area contributed by atoms with Gasteiger partial charge in [-0.3, -0.25) is 0 Å². The second-order valence-electron chi connectivity index (χ2n) is 4.28. The van der Waals surface area contributed by atoms with E-state index in [1.807, 2.05) is 6.92 Å². The molecule has 0 saturated carbocycles. The molecule has 1 rings (SSSR count). The summed E-state index contributed by atoms with van der Waals surface area (Å²) in [5.74, 6) is 0. The van der Waals surface area contributed by atoms with Crippen LogP contribution in [0.25, 0.3) is 0 Å². The fourth-order valence-corrected chi connectivity index (χ4v) is 3.45. The first kappa shape index (κ1) is 17.2. The van der Waals surface area contributed by atoms with Crippen molar-refractivity contribution in [2.45, 2.75) is 25.3 Å². The SMILES string of the molecule is C=CCN(CC)S(=O)(=O)c1ccc(Cl)c(CNCC)c1. The van der Waals surface area contributed by atoms with E-state index in [0.29, 0.717) is 24.7 Å². The fourth-order valence-electron chi connectivity index (χ4n) is 1.80. The number of nitrogens with zero attached hydrogens (tertiary/aromatic N) is 1. The fraction of sp³-hybridized carbons (Fsp3) is 0.429. The summed E-state index contributed by atoms with van der Waals surface area (Å²) in [4.78, 5) is 0.263. The van der Waals surface area contributed by atoms with Crippen molar-refractivity contribution in [3.63, 3.8) is 0 Å². The molecule has 0 amide bonds. The Morgan fingerprint density at radius 2 is 2.10 bits per heavy atom. The molecule has 0 bridgehead atoms. The van der Waals surface area contributed by atoms with Gasteiger partial charge >= 0.3 is 0 Å². The number of halogens is 1. The Labute approximate surface area is 126 Å². The van der Waals surface area contributed by atoms with Gasteiger partial charge in [-0.25, -0.2) is 8.42 Å². The van der Waals surface area contributed by atoms with Crippen LogP contribution in [0.4, 0.5) is 0 Å². The summed E-state index contributed by atoms with van der Waals surface area (Å²) < 4.78 is 26.4. The molecule has 0 aromatic heterocycles. The molecule has 0 unspecified atom stereocenters. The normalized spacial score (nSPS) is 11.8. The minimum absolute atomic E-state index is 0.263. The average molecular weight is 317 g/mol. The maximum Gasteiger partial charge on any atom is 0.243 e. The number of sulfonamides is 1. The molecule has 0 saturated heterocycles. The van der Waals surface area contributed by atoms with Gasteiger partial charge in [0, 0.05) is 24.7 Å². The molecular weight excluding hydrogens is 296 g/mol. The number of benzene rings is 1. The van der Waals surface area contributed by atoms with Crippen molar-refractivity contribution in [3.05, 3.63) is 41.4 Å². The van der Waals surface area contributed by atoms with Gasteiger partial charge in [-0.2, -0.15) is 4.31 Å². The van der Waals surface area contributed by atoms with Crippen molar-refractivity contribution in [2.75, 3.05) is 19.6 Å². The Bertz CT molecular complexity index is 558. The van der Waals surface area contributed by atoms with E-state index in [9.17, 15) is 8.42 Å². The maximum atomic E-state index is 12.5. The third-order valence-corrected chi connectivity index (χ3v) is 5.21. The van der Waals surface area contributed by atoms with Crippen LogP contribution >= 0.6 is 11.6 Å². The zero-order chi connectivity index (χ0) is 15.2. The third-order valence-electron chi connectivity index (χ3n) is 2.91. The van der Waals surface area contributed by atoms with Gasteiger partial charge < -0.3 is 5.32 Å². The molecule has 1 N–H and O–H groups in total. The average Bonchev–Trinajstić information content (AvgIpc) is 2.43. The monoisotopic (exact) mass is 316 g/mol. The lowest BCUT2D eigenvalue weighted by molar-refractivity contribution is 0.460. The van der Waals surface area contributed by atoms with Crippen molar-refractivity contribution >= 4 is 21.6 Å². The van der Waals surface area contributed by atoms with E-state index in [1.165, 1.54) is 4.31 Å². The maximum absolute atomic E-state index is 12.5. The minimum Gasteiger partial charge on any atom is -0.313 e. The van der Waals surface area contributed by atoms with Crippen LogP contribution in [-0.2, 0) is 16.6 Å². The molecule has 1 aromatic carbocycles. The quantitative estimate of drug-likeness (QED) is 0.750. The first-order valence-electron chi connectivity index (χ1n) is 6.57. The zero-order valence-electron chi connectivity index (χ0n) is 11.9. The molecule has 1 aromatic rings.